The largest absolute Gasteiger partial charge is 0.419 e. The smallest absolute Gasteiger partial charge is 0.328 e. The summed E-state index contributed by atoms with van der Waals surface area (Å²) in [5.74, 6) is -1.23. The minimum absolute atomic E-state index is 0.176. The minimum atomic E-state index is -4.65. The summed E-state index contributed by atoms with van der Waals surface area (Å²) in [6.07, 6.45) is -2.97. The van der Waals surface area contributed by atoms with Crippen LogP contribution in [0.15, 0.2) is 18.2 Å². The van der Waals surface area contributed by atoms with Crippen LogP contribution in [-0.4, -0.2) is 24.0 Å². The van der Waals surface area contributed by atoms with Crippen LogP contribution in [-0.2, 0) is 12.7 Å². The van der Waals surface area contributed by atoms with E-state index in [-0.39, 0.29) is 6.04 Å². The van der Waals surface area contributed by atoms with Gasteiger partial charge in [-0.3, -0.25) is 4.90 Å². The van der Waals surface area contributed by atoms with Gasteiger partial charge in [-0.2, -0.15) is 13.2 Å². The van der Waals surface area contributed by atoms with Crippen molar-refractivity contribution < 1.29 is 17.6 Å². The molecule has 1 aromatic rings. The average molecular weight is 276 g/mol. The molecule has 1 heterocycles. The van der Waals surface area contributed by atoms with Crippen LogP contribution >= 0.6 is 0 Å². The van der Waals surface area contributed by atoms with Gasteiger partial charge in [0.2, 0.25) is 0 Å². The third kappa shape index (κ3) is 3.67. The van der Waals surface area contributed by atoms with Crippen LogP contribution in [0.4, 0.5) is 17.6 Å². The number of rotatable bonds is 2. The van der Waals surface area contributed by atoms with Crippen molar-refractivity contribution in [1.82, 2.24) is 4.90 Å². The van der Waals surface area contributed by atoms with Crippen LogP contribution in [0.25, 0.3) is 0 Å². The van der Waals surface area contributed by atoms with E-state index >= 15 is 0 Å². The molecule has 2 rings (SSSR count). The first-order chi connectivity index (χ1) is 8.86. The number of alkyl halides is 3. The van der Waals surface area contributed by atoms with Crippen LogP contribution in [0, 0.1) is 5.82 Å². The van der Waals surface area contributed by atoms with Crippen LogP contribution in [0.5, 0.6) is 0 Å². The maximum absolute atomic E-state index is 13.1. The Morgan fingerprint density at radius 3 is 2.42 bits per heavy atom. The molecule has 0 atom stereocenters. The van der Waals surface area contributed by atoms with E-state index in [2.05, 4.69) is 0 Å². The van der Waals surface area contributed by atoms with Crippen molar-refractivity contribution in [1.29, 1.82) is 0 Å². The van der Waals surface area contributed by atoms with Crippen LogP contribution in [0.1, 0.15) is 24.0 Å². The lowest BCUT2D eigenvalue weighted by molar-refractivity contribution is -0.140. The van der Waals surface area contributed by atoms with Gasteiger partial charge in [0.15, 0.2) is 0 Å². The van der Waals surface area contributed by atoms with Gasteiger partial charge in [0, 0.05) is 12.6 Å². The van der Waals surface area contributed by atoms with E-state index < -0.39 is 17.6 Å². The topological polar surface area (TPSA) is 29.3 Å². The first kappa shape index (κ1) is 14.3. The van der Waals surface area contributed by atoms with Crippen LogP contribution in [0.2, 0.25) is 0 Å². The molecule has 0 spiro atoms. The lowest BCUT2D eigenvalue weighted by Crippen LogP contribution is -2.39. The maximum atomic E-state index is 13.1. The summed E-state index contributed by atoms with van der Waals surface area (Å²) < 4.78 is 50.9. The summed E-state index contributed by atoms with van der Waals surface area (Å²) >= 11 is 0. The van der Waals surface area contributed by atoms with E-state index in [0.29, 0.717) is 12.1 Å². The Labute approximate surface area is 109 Å². The van der Waals surface area contributed by atoms with Gasteiger partial charge in [0.05, 0.1) is 5.56 Å². The molecule has 0 unspecified atom stereocenters. The second-order valence-corrected chi connectivity index (χ2v) is 4.93. The van der Waals surface area contributed by atoms with Gasteiger partial charge in [0.1, 0.15) is 5.82 Å². The second kappa shape index (κ2) is 5.46. The number of nitrogens with two attached hydrogens (primary N) is 1. The third-order valence-corrected chi connectivity index (χ3v) is 3.37. The van der Waals surface area contributed by atoms with Gasteiger partial charge >= 0.3 is 6.18 Å². The first-order valence-electron chi connectivity index (χ1n) is 6.20. The van der Waals surface area contributed by atoms with E-state index in [0.717, 1.165) is 38.1 Å². The van der Waals surface area contributed by atoms with Gasteiger partial charge < -0.3 is 5.73 Å². The Morgan fingerprint density at radius 1 is 1.21 bits per heavy atom. The highest BCUT2D eigenvalue weighted by molar-refractivity contribution is 5.27. The van der Waals surface area contributed by atoms with Gasteiger partial charge in [0.25, 0.3) is 0 Å². The van der Waals surface area contributed by atoms with Crippen molar-refractivity contribution >= 4 is 0 Å². The Bertz CT molecular complexity index is 437. The lowest BCUT2D eigenvalue weighted by Gasteiger charge is -2.30. The van der Waals surface area contributed by atoms with Crippen molar-refractivity contribution in [2.75, 3.05) is 13.1 Å². The molecule has 0 aliphatic carbocycles. The fourth-order valence-electron chi connectivity index (χ4n) is 2.26. The number of halogens is 4. The summed E-state index contributed by atoms with van der Waals surface area (Å²) in [6, 6.07) is 3.35. The molecule has 1 aliphatic heterocycles. The molecule has 1 saturated heterocycles. The monoisotopic (exact) mass is 276 g/mol. The fourth-order valence-corrected chi connectivity index (χ4v) is 2.26. The normalized spacial score (nSPS) is 18.8. The molecule has 0 saturated carbocycles. The quantitative estimate of drug-likeness (QED) is 0.842. The zero-order chi connectivity index (χ0) is 14.0. The highest BCUT2D eigenvalue weighted by atomic mass is 19.4. The first-order valence-corrected chi connectivity index (χ1v) is 6.20. The SMILES string of the molecule is NC1CCN(Cc2ccc(F)c(C(F)(F)F)c2)CC1. The van der Waals surface area contributed by atoms with Crippen molar-refractivity contribution in [3.05, 3.63) is 35.1 Å². The molecule has 106 valence electrons. The molecule has 1 fully saturated rings. The van der Waals surface area contributed by atoms with E-state index in [1.807, 2.05) is 4.90 Å². The summed E-state index contributed by atoms with van der Waals surface area (Å²) in [4.78, 5) is 2.04. The number of hydrogen-bond donors (Lipinski definition) is 1. The Kier molecular flexibility index (Phi) is 4.10. The molecule has 0 amide bonds. The van der Waals surface area contributed by atoms with E-state index in [1.54, 1.807) is 0 Å². The van der Waals surface area contributed by atoms with Crippen molar-refractivity contribution in [2.24, 2.45) is 5.73 Å². The number of hydrogen-bond acceptors (Lipinski definition) is 2. The number of likely N-dealkylation sites (tertiary alicyclic amines) is 1. The maximum Gasteiger partial charge on any atom is 0.419 e. The van der Waals surface area contributed by atoms with E-state index in [1.165, 1.54) is 6.07 Å². The predicted molar refractivity (Wildman–Crippen MR) is 63.9 cm³/mol. The molecular weight excluding hydrogens is 260 g/mol. The molecular formula is C13H16F4N2. The lowest BCUT2D eigenvalue weighted by atomic mass is 10.0. The Hall–Kier alpha value is -1.14. The number of piperidine rings is 1. The summed E-state index contributed by atoms with van der Waals surface area (Å²) in [5, 5.41) is 0. The zero-order valence-corrected chi connectivity index (χ0v) is 10.4. The van der Waals surface area contributed by atoms with Gasteiger partial charge in [-0.1, -0.05) is 6.07 Å². The average Bonchev–Trinajstić information content (AvgIpc) is 2.33. The summed E-state index contributed by atoms with van der Waals surface area (Å²) in [6.45, 7) is 1.93. The van der Waals surface area contributed by atoms with Crippen LogP contribution < -0.4 is 5.73 Å². The van der Waals surface area contributed by atoms with E-state index in [4.69, 9.17) is 5.73 Å². The fraction of sp³-hybridized carbons (Fsp3) is 0.538. The van der Waals surface area contributed by atoms with Crippen molar-refractivity contribution in [3.8, 4) is 0 Å². The Morgan fingerprint density at radius 2 is 1.84 bits per heavy atom. The standard InChI is InChI=1S/C13H16F4N2/c14-12-2-1-9(7-11(12)13(15,16)17)8-19-5-3-10(18)4-6-19/h1-2,7,10H,3-6,8,18H2. The highest BCUT2D eigenvalue weighted by Gasteiger charge is 2.34. The number of nitrogens with zero attached hydrogens (tertiary/aromatic N) is 1. The van der Waals surface area contributed by atoms with E-state index in [9.17, 15) is 17.6 Å². The van der Waals surface area contributed by atoms with Crippen molar-refractivity contribution in [2.45, 2.75) is 31.6 Å². The molecule has 0 aromatic heterocycles. The summed E-state index contributed by atoms with van der Waals surface area (Å²) in [5.41, 5.74) is 5.05. The molecule has 1 aromatic carbocycles. The van der Waals surface area contributed by atoms with Gasteiger partial charge in [-0.25, -0.2) is 4.39 Å². The van der Waals surface area contributed by atoms with Gasteiger partial charge in [-0.05, 0) is 43.6 Å². The molecule has 19 heavy (non-hydrogen) atoms. The molecule has 1 aliphatic rings. The van der Waals surface area contributed by atoms with Crippen molar-refractivity contribution in [3.63, 3.8) is 0 Å². The molecule has 0 radical (unpaired) electrons. The molecule has 2 N–H and O–H groups in total. The number of benzene rings is 1. The summed E-state index contributed by atoms with van der Waals surface area (Å²) in [7, 11) is 0. The van der Waals surface area contributed by atoms with Gasteiger partial charge in [-0.15, -0.1) is 0 Å². The molecule has 6 heteroatoms. The van der Waals surface area contributed by atoms with Crippen LogP contribution in [0.3, 0.4) is 0 Å². The molecule has 2 nitrogen and oxygen atoms in total. The highest BCUT2D eigenvalue weighted by Crippen LogP contribution is 2.32. The minimum Gasteiger partial charge on any atom is -0.328 e. The Balaban J connectivity index is 2.09. The molecule has 0 bridgehead atoms. The second-order valence-electron chi connectivity index (χ2n) is 4.93. The predicted octanol–water partition coefficient (Wildman–Crippen LogP) is 2.77. The third-order valence-electron chi connectivity index (χ3n) is 3.37. The zero-order valence-electron chi connectivity index (χ0n) is 10.4.